The Balaban J connectivity index is 1.90. The van der Waals surface area contributed by atoms with E-state index in [4.69, 9.17) is 4.98 Å². The van der Waals surface area contributed by atoms with Crippen LogP contribution >= 0.6 is 23.1 Å². The van der Waals surface area contributed by atoms with E-state index in [1.54, 1.807) is 15.9 Å². The lowest BCUT2D eigenvalue weighted by molar-refractivity contribution is -0.131. The Labute approximate surface area is 162 Å². The highest BCUT2D eigenvalue weighted by atomic mass is 32.2. The molecule has 3 heterocycles. The molecule has 0 saturated carbocycles. The number of rotatable bonds is 4. The van der Waals surface area contributed by atoms with Crippen molar-refractivity contribution in [3.63, 3.8) is 0 Å². The van der Waals surface area contributed by atoms with Crippen LogP contribution in [0.15, 0.2) is 9.95 Å². The number of carbonyl (C=O) groups excluding carboxylic acids is 1. The molecule has 0 unspecified atom stereocenters. The van der Waals surface area contributed by atoms with Gasteiger partial charge in [-0.2, -0.15) is 0 Å². The highest BCUT2D eigenvalue weighted by Crippen LogP contribution is 2.29. The highest BCUT2D eigenvalue weighted by Gasteiger charge is 2.24. The van der Waals surface area contributed by atoms with Crippen molar-refractivity contribution >= 4 is 39.2 Å². The van der Waals surface area contributed by atoms with Gasteiger partial charge < -0.3 is 4.90 Å². The van der Waals surface area contributed by atoms with Gasteiger partial charge in [-0.3, -0.25) is 14.2 Å². The lowest BCUT2D eigenvalue weighted by atomic mass is 10.0. The van der Waals surface area contributed by atoms with E-state index in [1.807, 2.05) is 32.6 Å². The Kier molecular flexibility index (Phi) is 5.77. The fourth-order valence-corrected chi connectivity index (χ4v) is 5.61. The minimum Gasteiger partial charge on any atom is -0.339 e. The molecule has 0 spiro atoms. The average molecular weight is 394 g/mol. The Bertz CT molecular complexity index is 885. The SMILES string of the molecule is Cc1sc2nc(SCC(=O)N3CCCC[C@@H]3C)n(C(C)C)c(=O)c2c1C. The van der Waals surface area contributed by atoms with Crippen LogP contribution in [0.3, 0.4) is 0 Å². The van der Waals surface area contributed by atoms with Crippen LogP contribution in [0, 0.1) is 13.8 Å². The van der Waals surface area contributed by atoms with Crippen molar-refractivity contribution in [2.45, 2.75) is 71.1 Å². The van der Waals surface area contributed by atoms with Gasteiger partial charge >= 0.3 is 0 Å². The van der Waals surface area contributed by atoms with E-state index in [2.05, 4.69) is 6.92 Å². The topological polar surface area (TPSA) is 55.2 Å². The third kappa shape index (κ3) is 3.56. The van der Waals surface area contributed by atoms with Crippen molar-refractivity contribution in [1.82, 2.24) is 14.5 Å². The molecule has 26 heavy (non-hydrogen) atoms. The van der Waals surface area contributed by atoms with Gasteiger partial charge in [-0.15, -0.1) is 11.3 Å². The minimum atomic E-state index is 0.00511. The molecule has 0 aliphatic carbocycles. The molecular weight excluding hydrogens is 366 g/mol. The van der Waals surface area contributed by atoms with Crippen LogP contribution in [0.5, 0.6) is 0 Å². The molecule has 7 heteroatoms. The average Bonchev–Trinajstić information content (AvgIpc) is 2.87. The fourth-order valence-electron chi connectivity index (χ4n) is 3.52. The molecule has 0 bridgehead atoms. The zero-order valence-electron chi connectivity index (χ0n) is 16.2. The Morgan fingerprint density at radius 2 is 2.08 bits per heavy atom. The maximum absolute atomic E-state index is 13.0. The zero-order valence-corrected chi connectivity index (χ0v) is 17.8. The number of likely N-dealkylation sites (tertiary alicyclic amines) is 1. The molecule has 1 aliphatic rings. The van der Waals surface area contributed by atoms with E-state index < -0.39 is 0 Å². The summed E-state index contributed by atoms with van der Waals surface area (Å²) in [6.07, 6.45) is 3.35. The molecule has 0 radical (unpaired) electrons. The minimum absolute atomic E-state index is 0.00511. The van der Waals surface area contributed by atoms with Gasteiger partial charge in [-0.25, -0.2) is 4.98 Å². The Morgan fingerprint density at radius 3 is 2.73 bits per heavy atom. The van der Waals surface area contributed by atoms with Crippen LogP contribution in [0.25, 0.3) is 10.2 Å². The number of amides is 1. The van der Waals surface area contributed by atoms with Crippen molar-refractivity contribution in [2.24, 2.45) is 0 Å². The Hall–Kier alpha value is -1.34. The number of aromatic nitrogens is 2. The summed E-state index contributed by atoms with van der Waals surface area (Å²) in [5, 5.41) is 1.37. The van der Waals surface area contributed by atoms with Crippen molar-refractivity contribution in [3.8, 4) is 0 Å². The predicted octanol–water partition coefficient (Wildman–Crippen LogP) is 4.15. The first-order valence-electron chi connectivity index (χ1n) is 9.25. The van der Waals surface area contributed by atoms with E-state index in [-0.39, 0.29) is 17.5 Å². The fraction of sp³-hybridized carbons (Fsp3) is 0.632. The number of fused-ring (bicyclic) bond motifs is 1. The smallest absolute Gasteiger partial charge is 0.263 e. The van der Waals surface area contributed by atoms with Crippen LogP contribution in [0.2, 0.25) is 0 Å². The summed E-state index contributed by atoms with van der Waals surface area (Å²) < 4.78 is 1.74. The number of thiophene rings is 1. The van der Waals surface area contributed by atoms with Crippen LogP contribution in [0.1, 0.15) is 56.5 Å². The standard InChI is InChI=1S/C19H27N3O2S2/c1-11(2)22-18(24)16-13(4)14(5)26-17(16)20-19(22)25-10-15(23)21-9-7-6-8-12(21)3/h11-12H,6-10H2,1-5H3/t12-/m0/s1. The first-order chi connectivity index (χ1) is 12.3. The first kappa shape index (κ1) is 19.4. The molecule has 2 aromatic rings. The van der Waals surface area contributed by atoms with Crippen molar-refractivity contribution in [2.75, 3.05) is 12.3 Å². The molecule has 1 fully saturated rings. The zero-order chi connectivity index (χ0) is 19.0. The third-order valence-electron chi connectivity index (χ3n) is 5.17. The van der Waals surface area contributed by atoms with E-state index in [0.717, 1.165) is 40.0 Å². The van der Waals surface area contributed by atoms with Crippen LogP contribution in [-0.2, 0) is 4.79 Å². The van der Waals surface area contributed by atoms with Gasteiger partial charge in [0.05, 0.1) is 11.1 Å². The van der Waals surface area contributed by atoms with Crippen LogP contribution < -0.4 is 5.56 Å². The summed E-state index contributed by atoms with van der Waals surface area (Å²) in [5.41, 5.74) is 1.03. The second kappa shape index (κ2) is 7.72. The molecule has 3 rings (SSSR count). The van der Waals surface area contributed by atoms with Gasteiger partial charge in [0, 0.05) is 23.5 Å². The van der Waals surface area contributed by atoms with Gasteiger partial charge in [0.1, 0.15) is 4.83 Å². The normalized spacial score (nSPS) is 18.1. The number of piperidine rings is 1. The second-order valence-corrected chi connectivity index (χ2v) is 9.49. The molecule has 5 nitrogen and oxygen atoms in total. The number of hydrogen-bond donors (Lipinski definition) is 0. The predicted molar refractivity (Wildman–Crippen MR) is 109 cm³/mol. The number of hydrogen-bond acceptors (Lipinski definition) is 5. The summed E-state index contributed by atoms with van der Waals surface area (Å²) >= 11 is 2.95. The molecule has 1 aliphatic heterocycles. The second-order valence-electron chi connectivity index (χ2n) is 7.35. The summed E-state index contributed by atoms with van der Waals surface area (Å²) in [7, 11) is 0. The van der Waals surface area contributed by atoms with Crippen molar-refractivity contribution < 1.29 is 4.79 Å². The molecule has 0 aromatic carbocycles. The third-order valence-corrected chi connectivity index (χ3v) is 7.21. The summed E-state index contributed by atoms with van der Waals surface area (Å²) in [6, 6.07) is 0.313. The lowest BCUT2D eigenvalue weighted by Gasteiger charge is -2.33. The number of carbonyl (C=O) groups is 1. The first-order valence-corrected chi connectivity index (χ1v) is 11.1. The summed E-state index contributed by atoms with van der Waals surface area (Å²) in [4.78, 5) is 34.3. The summed E-state index contributed by atoms with van der Waals surface area (Å²) in [5.74, 6) is 0.476. The van der Waals surface area contributed by atoms with E-state index in [9.17, 15) is 9.59 Å². The van der Waals surface area contributed by atoms with Crippen LogP contribution in [-0.4, -0.2) is 38.7 Å². The van der Waals surface area contributed by atoms with Gasteiger partial charge in [-0.1, -0.05) is 11.8 Å². The lowest BCUT2D eigenvalue weighted by Crippen LogP contribution is -2.43. The number of thioether (sulfide) groups is 1. The van der Waals surface area contributed by atoms with Gasteiger partial charge in [0.25, 0.3) is 5.56 Å². The molecular formula is C19H27N3O2S2. The Morgan fingerprint density at radius 1 is 1.35 bits per heavy atom. The van der Waals surface area contributed by atoms with E-state index in [1.165, 1.54) is 18.2 Å². The molecule has 1 atom stereocenters. The molecule has 2 aromatic heterocycles. The van der Waals surface area contributed by atoms with E-state index >= 15 is 0 Å². The van der Waals surface area contributed by atoms with Crippen molar-refractivity contribution in [1.29, 1.82) is 0 Å². The maximum Gasteiger partial charge on any atom is 0.263 e. The van der Waals surface area contributed by atoms with Crippen molar-refractivity contribution in [3.05, 3.63) is 20.8 Å². The molecule has 142 valence electrons. The van der Waals surface area contributed by atoms with Gasteiger partial charge in [-0.05, 0) is 59.4 Å². The van der Waals surface area contributed by atoms with Crippen LogP contribution in [0.4, 0.5) is 0 Å². The maximum atomic E-state index is 13.0. The van der Waals surface area contributed by atoms with Gasteiger partial charge in [0.2, 0.25) is 5.91 Å². The van der Waals surface area contributed by atoms with Gasteiger partial charge in [0.15, 0.2) is 5.16 Å². The monoisotopic (exact) mass is 393 g/mol. The highest BCUT2D eigenvalue weighted by molar-refractivity contribution is 7.99. The largest absolute Gasteiger partial charge is 0.339 e. The molecule has 0 N–H and O–H groups in total. The quantitative estimate of drug-likeness (QED) is 0.578. The number of aryl methyl sites for hydroxylation is 2. The summed E-state index contributed by atoms with van der Waals surface area (Å²) in [6.45, 7) is 10.9. The number of nitrogens with zero attached hydrogens (tertiary/aromatic N) is 3. The molecule has 1 amide bonds. The van der Waals surface area contributed by atoms with E-state index in [0.29, 0.717) is 17.0 Å². The molecule has 1 saturated heterocycles.